The minimum absolute atomic E-state index is 0.147. The predicted molar refractivity (Wildman–Crippen MR) is 86.6 cm³/mol. The SMILES string of the molecule is Cc1cc(NC(=O)[C@H]2CCN(S(=O)(=O)NC(C)C)C2)ccc1F. The van der Waals surface area contributed by atoms with Crippen molar-refractivity contribution in [2.45, 2.75) is 33.2 Å². The molecular formula is C15H22FN3O3S. The molecule has 128 valence electrons. The summed E-state index contributed by atoms with van der Waals surface area (Å²) < 4.78 is 41.2. The molecule has 1 heterocycles. The number of rotatable bonds is 5. The van der Waals surface area contributed by atoms with Gasteiger partial charge in [-0.05, 0) is 51.0 Å². The maximum atomic E-state index is 13.2. The van der Waals surface area contributed by atoms with Gasteiger partial charge in [-0.2, -0.15) is 17.4 Å². The molecular weight excluding hydrogens is 321 g/mol. The van der Waals surface area contributed by atoms with Gasteiger partial charge in [-0.15, -0.1) is 0 Å². The summed E-state index contributed by atoms with van der Waals surface area (Å²) in [6, 6.07) is 4.14. The van der Waals surface area contributed by atoms with Crippen LogP contribution in [0.1, 0.15) is 25.8 Å². The third-order valence-electron chi connectivity index (χ3n) is 3.67. The lowest BCUT2D eigenvalue weighted by atomic mass is 10.1. The minimum Gasteiger partial charge on any atom is -0.326 e. The smallest absolute Gasteiger partial charge is 0.279 e. The topological polar surface area (TPSA) is 78.5 Å². The van der Waals surface area contributed by atoms with Gasteiger partial charge in [-0.1, -0.05) is 0 Å². The number of carbonyl (C=O) groups excluding carboxylic acids is 1. The number of nitrogens with zero attached hydrogens (tertiary/aromatic N) is 1. The van der Waals surface area contributed by atoms with E-state index < -0.39 is 16.1 Å². The molecule has 0 aromatic heterocycles. The maximum absolute atomic E-state index is 13.2. The fourth-order valence-electron chi connectivity index (χ4n) is 2.50. The summed E-state index contributed by atoms with van der Waals surface area (Å²) in [5, 5.41) is 2.72. The summed E-state index contributed by atoms with van der Waals surface area (Å²) in [6.07, 6.45) is 0.463. The molecule has 23 heavy (non-hydrogen) atoms. The Morgan fingerprint density at radius 2 is 2.09 bits per heavy atom. The molecule has 6 nitrogen and oxygen atoms in total. The van der Waals surface area contributed by atoms with E-state index in [0.717, 1.165) is 0 Å². The zero-order valence-electron chi connectivity index (χ0n) is 13.5. The summed E-state index contributed by atoms with van der Waals surface area (Å²) in [5.41, 5.74) is 0.954. The third kappa shape index (κ3) is 4.49. The summed E-state index contributed by atoms with van der Waals surface area (Å²) in [7, 11) is -3.56. The van der Waals surface area contributed by atoms with Gasteiger partial charge in [0.1, 0.15) is 5.82 Å². The van der Waals surface area contributed by atoms with Gasteiger partial charge in [0.25, 0.3) is 10.2 Å². The first-order valence-electron chi connectivity index (χ1n) is 7.53. The Hall–Kier alpha value is -1.51. The molecule has 1 saturated heterocycles. The quantitative estimate of drug-likeness (QED) is 0.853. The zero-order chi connectivity index (χ0) is 17.2. The lowest BCUT2D eigenvalue weighted by molar-refractivity contribution is -0.119. The van der Waals surface area contributed by atoms with Crippen LogP contribution in [0.2, 0.25) is 0 Å². The van der Waals surface area contributed by atoms with Crippen LogP contribution >= 0.6 is 0 Å². The Bertz CT molecular complexity index is 691. The predicted octanol–water partition coefficient (Wildman–Crippen LogP) is 1.64. The molecule has 1 aliphatic rings. The van der Waals surface area contributed by atoms with E-state index in [9.17, 15) is 17.6 Å². The molecule has 1 aromatic carbocycles. The number of halogens is 1. The molecule has 0 bridgehead atoms. The Morgan fingerprint density at radius 1 is 1.39 bits per heavy atom. The van der Waals surface area contributed by atoms with Crippen molar-refractivity contribution in [2.24, 2.45) is 5.92 Å². The molecule has 1 aliphatic heterocycles. The molecule has 0 unspecified atom stereocenters. The second-order valence-electron chi connectivity index (χ2n) is 6.07. The number of benzene rings is 1. The Labute approximate surface area is 136 Å². The number of hydrogen-bond donors (Lipinski definition) is 2. The lowest BCUT2D eigenvalue weighted by Gasteiger charge is -2.18. The van der Waals surface area contributed by atoms with Crippen molar-refractivity contribution in [1.82, 2.24) is 9.03 Å². The van der Waals surface area contributed by atoms with Gasteiger partial charge in [-0.25, -0.2) is 4.39 Å². The van der Waals surface area contributed by atoms with Crippen LogP contribution in [0.15, 0.2) is 18.2 Å². The van der Waals surface area contributed by atoms with Crippen molar-refractivity contribution >= 4 is 21.8 Å². The highest BCUT2D eigenvalue weighted by atomic mass is 32.2. The van der Waals surface area contributed by atoms with E-state index in [1.54, 1.807) is 26.8 Å². The van der Waals surface area contributed by atoms with Crippen molar-refractivity contribution in [3.05, 3.63) is 29.6 Å². The van der Waals surface area contributed by atoms with Crippen molar-refractivity contribution < 1.29 is 17.6 Å². The average molecular weight is 343 g/mol. The molecule has 1 amide bonds. The highest BCUT2D eigenvalue weighted by Gasteiger charge is 2.35. The second-order valence-corrected chi connectivity index (χ2v) is 7.78. The molecule has 2 rings (SSSR count). The first kappa shape index (κ1) is 17.8. The number of hydrogen-bond acceptors (Lipinski definition) is 3. The van der Waals surface area contributed by atoms with Crippen LogP contribution in [0.25, 0.3) is 0 Å². The molecule has 1 atom stereocenters. The van der Waals surface area contributed by atoms with Gasteiger partial charge < -0.3 is 5.32 Å². The van der Waals surface area contributed by atoms with E-state index in [4.69, 9.17) is 0 Å². The van der Waals surface area contributed by atoms with E-state index >= 15 is 0 Å². The van der Waals surface area contributed by atoms with E-state index in [1.807, 2.05) is 0 Å². The van der Waals surface area contributed by atoms with E-state index in [1.165, 1.54) is 16.4 Å². The fourth-order valence-corrected chi connectivity index (χ4v) is 3.97. The number of nitrogens with one attached hydrogen (secondary N) is 2. The monoisotopic (exact) mass is 343 g/mol. The highest BCUT2D eigenvalue weighted by Crippen LogP contribution is 2.21. The Kier molecular flexibility index (Phi) is 5.38. The number of amides is 1. The first-order valence-corrected chi connectivity index (χ1v) is 8.97. The largest absolute Gasteiger partial charge is 0.326 e. The Balaban J connectivity index is 1.98. The molecule has 0 aliphatic carbocycles. The van der Waals surface area contributed by atoms with Gasteiger partial charge in [0, 0.05) is 24.8 Å². The normalized spacial score (nSPS) is 19.3. The van der Waals surface area contributed by atoms with Crippen molar-refractivity contribution in [1.29, 1.82) is 0 Å². The third-order valence-corrected chi connectivity index (χ3v) is 5.45. The standard InChI is InChI=1S/C15H22FN3O3S/c1-10(2)18-23(21,22)19-7-6-12(9-19)15(20)17-13-4-5-14(16)11(3)8-13/h4-5,8,10,12,18H,6-7,9H2,1-3H3,(H,17,20)/t12-/m0/s1. The molecule has 0 saturated carbocycles. The highest BCUT2D eigenvalue weighted by molar-refractivity contribution is 7.87. The molecule has 0 radical (unpaired) electrons. The number of anilines is 1. The second kappa shape index (κ2) is 6.94. The van der Waals surface area contributed by atoms with Crippen molar-refractivity contribution in [3.63, 3.8) is 0 Å². The van der Waals surface area contributed by atoms with Crippen LogP contribution < -0.4 is 10.0 Å². The van der Waals surface area contributed by atoms with Crippen molar-refractivity contribution in [3.8, 4) is 0 Å². The van der Waals surface area contributed by atoms with Gasteiger partial charge in [0.2, 0.25) is 5.91 Å². The first-order chi connectivity index (χ1) is 10.7. The van der Waals surface area contributed by atoms with Gasteiger partial charge in [0.15, 0.2) is 0 Å². The summed E-state index contributed by atoms with van der Waals surface area (Å²) >= 11 is 0. The van der Waals surface area contributed by atoms with Crippen LogP contribution in [-0.2, 0) is 15.0 Å². The zero-order valence-corrected chi connectivity index (χ0v) is 14.3. The van der Waals surface area contributed by atoms with Gasteiger partial charge >= 0.3 is 0 Å². The number of carbonyl (C=O) groups is 1. The fraction of sp³-hybridized carbons (Fsp3) is 0.533. The summed E-state index contributed by atoms with van der Waals surface area (Å²) in [6.45, 7) is 5.56. The Morgan fingerprint density at radius 3 is 2.70 bits per heavy atom. The maximum Gasteiger partial charge on any atom is 0.279 e. The molecule has 1 aromatic rings. The van der Waals surface area contributed by atoms with Crippen LogP contribution in [0, 0.1) is 18.7 Å². The van der Waals surface area contributed by atoms with Crippen LogP contribution in [0.5, 0.6) is 0 Å². The van der Waals surface area contributed by atoms with Crippen LogP contribution in [0.3, 0.4) is 0 Å². The lowest BCUT2D eigenvalue weighted by Crippen LogP contribution is -2.42. The van der Waals surface area contributed by atoms with E-state index in [-0.39, 0.29) is 24.3 Å². The van der Waals surface area contributed by atoms with Crippen LogP contribution in [0.4, 0.5) is 10.1 Å². The van der Waals surface area contributed by atoms with Crippen LogP contribution in [-0.4, -0.2) is 37.8 Å². The van der Waals surface area contributed by atoms with Gasteiger partial charge in [-0.3, -0.25) is 4.79 Å². The van der Waals surface area contributed by atoms with E-state index in [0.29, 0.717) is 24.2 Å². The van der Waals surface area contributed by atoms with Crippen molar-refractivity contribution in [2.75, 3.05) is 18.4 Å². The minimum atomic E-state index is -3.56. The van der Waals surface area contributed by atoms with E-state index in [2.05, 4.69) is 10.0 Å². The summed E-state index contributed by atoms with van der Waals surface area (Å²) in [5.74, 6) is -0.997. The molecule has 8 heteroatoms. The number of aryl methyl sites for hydroxylation is 1. The van der Waals surface area contributed by atoms with Gasteiger partial charge in [0.05, 0.1) is 5.92 Å². The summed E-state index contributed by atoms with van der Waals surface area (Å²) in [4.78, 5) is 12.3. The molecule has 1 fully saturated rings. The average Bonchev–Trinajstić information content (AvgIpc) is 2.92. The molecule has 2 N–H and O–H groups in total. The molecule has 0 spiro atoms.